The van der Waals surface area contributed by atoms with E-state index in [4.69, 9.17) is 4.52 Å². The van der Waals surface area contributed by atoms with E-state index >= 15 is 0 Å². The molecule has 0 amide bonds. The summed E-state index contributed by atoms with van der Waals surface area (Å²) in [7, 11) is 0. The maximum atomic E-state index is 5.27. The average molecular weight is 510 g/mol. The third-order valence-corrected chi connectivity index (χ3v) is 4.55. The minimum atomic E-state index is 0. The van der Waals surface area contributed by atoms with Crippen molar-refractivity contribution in [2.45, 2.75) is 46.5 Å². The summed E-state index contributed by atoms with van der Waals surface area (Å²) in [5.41, 5.74) is 3.77. The van der Waals surface area contributed by atoms with E-state index in [1.165, 1.54) is 22.0 Å². The van der Waals surface area contributed by atoms with Crippen molar-refractivity contribution in [3.8, 4) is 0 Å². The Balaban J connectivity index is 0.00000300. The molecule has 3 N–H and O–H groups in total. The van der Waals surface area contributed by atoms with E-state index in [1.807, 2.05) is 0 Å². The number of aromatic amines is 1. The molecule has 2 aromatic heterocycles. The van der Waals surface area contributed by atoms with Crippen molar-refractivity contribution < 1.29 is 4.52 Å². The average Bonchev–Trinajstić information content (AvgIpc) is 3.29. The number of H-pyrrole nitrogens is 1. The highest BCUT2D eigenvalue weighted by Gasteiger charge is 2.09. The fraction of sp³-hybridized carbons (Fsp3) is 0.476. The van der Waals surface area contributed by atoms with Crippen LogP contribution in [-0.4, -0.2) is 40.7 Å². The molecule has 0 radical (unpaired) electrons. The zero-order chi connectivity index (χ0) is 19.9. The SMILES string of the molecule is CCNC(=NCCc1nc(C(C)C)no1)NCCc1c[nH]c2cc(C)ccc12.I. The topological polar surface area (TPSA) is 91.1 Å². The molecule has 0 bridgehead atoms. The van der Waals surface area contributed by atoms with Gasteiger partial charge in [-0.15, -0.1) is 24.0 Å². The Bertz CT molecular complexity index is 930. The standard InChI is InChI=1S/C21H30N6O.HI/c1-5-22-21(24-11-9-19-26-20(14(2)3)27-28-19)23-10-8-16-13-25-18-12-15(4)6-7-17(16)18;/h6-7,12-14,25H,5,8-11H2,1-4H3,(H2,22,23,24);1H. The van der Waals surface area contributed by atoms with Gasteiger partial charge in [0.2, 0.25) is 5.89 Å². The van der Waals surface area contributed by atoms with Crippen LogP contribution >= 0.6 is 24.0 Å². The first-order valence-corrected chi connectivity index (χ1v) is 9.98. The third-order valence-electron chi connectivity index (χ3n) is 4.55. The Morgan fingerprint density at radius 3 is 2.79 bits per heavy atom. The number of aliphatic imine (C=N–C) groups is 1. The van der Waals surface area contributed by atoms with Crippen molar-refractivity contribution in [3.05, 3.63) is 47.2 Å². The maximum Gasteiger partial charge on any atom is 0.228 e. The first-order valence-electron chi connectivity index (χ1n) is 9.98. The number of guanidine groups is 1. The Kier molecular flexibility index (Phi) is 8.94. The number of nitrogens with zero attached hydrogens (tertiary/aromatic N) is 3. The van der Waals surface area contributed by atoms with Crippen LogP contribution in [0.3, 0.4) is 0 Å². The molecule has 1 aromatic carbocycles. The molecule has 0 unspecified atom stereocenters. The lowest BCUT2D eigenvalue weighted by Crippen LogP contribution is -2.38. The molecule has 0 aliphatic rings. The van der Waals surface area contributed by atoms with Gasteiger partial charge >= 0.3 is 0 Å². The van der Waals surface area contributed by atoms with Gasteiger partial charge in [0.25, 0.3) is 0 Å². The van der Waals surface area contributed by atoms with Gasteiger partial charge in [-0.05, 0) is 37.5 Å². The van der Waals surface area contributed by atoms with Crippen molar-refractivity contribution in [2.24, 2.45) is 4.99 Å². The fourth-order valence-electron chi connectivity index (χ4n) is 3.03. The number of aromatic nitrogens is 3. The summed E-state index contributed by atoms with van der Waals surface area (Å²) in [5, 5.41) is 12.0. The Morgan fingerprint density at radius 2 is 2.07 bits per heavy atom. The van der Waals surface area contributed by atoms with Gasteiger partial charge in [0, 0.05) is 42.5 Å². The van der Waals surface area contributed by atoms with Crippen LogP contribution < -0.4 is 10.6 Å². The van der Waals surface area contributed by atoms with Gasteiger partial charge in [0.15, 0.2) is 11.8 Å². The zero-order valence-corrected chi connectivity index (χ0v) is 19.9. The predicted octanol–water partition coefficient (Wildman–Crippen LogP) is 3.94. The normalized spacial score (nSPS) is 11.7. The lowest BCUT2D eigenvalue weighted by Gasteiger charge is -2.10. The summed E-state index contributed by atoms with van der Waals surface area (Å²) in [6, 6.07) is 6.52. The molecular formula is C21H31IN6O. The highest BCUT2D eigenvalue weighted by molar-refractivity contribution is 14.0. The van der Waals surface area contributed by atoms with E-state index in [0.29, 0.717) is 18.9 Å². The second-order valence-corrected chi connectivity index (χ2v) is 7.25. The van der Waals surface area contributed by atoms with Crippen LogP contribution in [0.1, 0.15) is 49.5 Å². The number of fused-ring (bicyclic) bond motifs is 1. The molecule has 0 atom stereocenters. The summed E-state index contributed by atoms with van der Waals surface area (Å²) in [4.78, 5) is 12.4. The van der Waals surface area contributed by atoms with E-state index in [1.54, 1.807) is 0 Å². The fourth-order valence-corrected chi connectivity index (χ4v) is 3.03. The van der Waals surface area contributed by atoms with Crippen molar-refractivity contribution >= 4 is 40.8 Å². The van der Waals surface area contributed by atoms with Crippen molar-refractivity contribution in [1.29, 1.82) is 0 Å². The summed E-state index contributed by atoms with van der Waals surface area (Å²) in [5.74, 6) is 2.46. The molecule has 8 heteroatoms. The highest BCUT2D eigenvalue weighted by Crippen LogP contribution is 2.19. The van der Waals surface area contributed by atoms with Crippen LogP contribution in [0.5, 0.6) is 0 Å². The van der Waals surface area contributed by atoms with Gasteiger partial charge in [-0.1, -0.05) is 31.1 Å². The van der Waals surface area contributed by atoms with Gasteiger partial charge in [0.05, 0.1) is 6.54 Å². The van der Waals surface area contributed by atoms with Gasteiger partial charge in [-0.25, -0.2) is 0 Å². The van der Waals surface area contributed by atoms with Crippen molar-refractivity contribution in [1.82, 2.24) is 25.8 Å². The molecule has 0 aliphatic carbocycles. The first-order chi connectivity index (χ1) is 13.6. The van der Waals surface area contributed by atoms with E-state index in [0.717, 1.165) is 31.3 Å². The molecule has 0 fully saturated rings. The monoisotopic (exact) mass is 510 g/mol. The highest BCUT2D eigenvalue weighted by atomic mass is 127. The van der Waals surface area contributed by atoms with E-state index < -0.39 is 0 Å². The Morgan fingerprint density at radius 1 is 1.24 bits per heavy atom. The molecule has 3 aromatic rings. The number of halogens is 1. The molecular weight excluding hydrogens is 479 g/mol. The zero-order valence-electron chi connectivity index (χ0n) is 17.6. The summed E-state index contributed by atoms with van der Waals surface area (Å²) < 4.78 is 5.27. The molecule has 0 aliphatic heterocycles. The van der Waals surface area contributed by atoms with Crippen molar-refractivity contribution in [2.75, 3.05) is 19.6 Å². The first kappa shape index (κ1) is 23.2. The number of hydrogen-bond donors (Lipinski definition) is 3. The number of nitrogens with one attached hydrogen (secondary N) is 3. The van der Waals surface area contributed by atoms with Crippen LogP contribution in [0.2, 0.25) is 0 Å². The summed E-state index contributed by atoms with van der Waals surface area (Å²) in [6.07, 6.45) is 3.66. The Hall–Kier alpha value is -2.10. The number of aryl methyl sites for hydroxylation is 1. The van der Waals surface area contributed by atoms with Crippen LogP contribution in [0.25, 0.3) is 10.9 Å². The molecule has 29 heavy (non-hydrogen) atoms. The number of rotatable bonds is 8. The minimum absolute atomic E-state index is 0. The minimum Gasteiger partial charge on any atom is -0.361 e. The third kappa shape index (κ3) is 6.45. The molecule has 158 valence electrons. The predicted molar refractivity (Wildman–Crippen MR) is 128 cm³/mol. The summed E-state index contributed by atoms with van der Waals surface area (Å²) >= 11 is 0. The largest absolute Gasteiger partial charge is 0.361 e. The lowest BCUT2D eigenvalue weighted by molar-refractivity contribution is 0.372. The van der Waals surface area contributed by atoms with Gasteiger partial charge < -0.3 is 20.1 Å². The smallest absolute Gasteiger partial charge is 0.228 e. The van der Waals surface area contributed by atoms with Crippen LogP contribution in [0.15, 0.2) is 33.9 Å². The van der Waals surface area contributed by atoms with Crippen molar-refractivity contribution in [3.63, 3.8) is 0 Å². The lowest BCUT2D eigenvalue weighted by atomic mass is 10.1. The van der Waals surface area contributed by atoms with E-state index in [9.17, 15) is 0 Å². The quantitative estimate of drug-likeness (QED) is 0.243. The van der Waals surface area contributed by atoms with Crippen LogP contribution in [0.4, 0.5) is 0 Å². The second kappa shape index (κ2) is 11.2. The van der Waals surface area contributed by atoms with Crippen LogP contribution in [-0.2, 0) is 12.8 Å². The molecule has 0 spiro atoms. The van der Waals surface area contributed by atoms with E-state index in [-0.39, 0.29) is 29.9 Å². The van der Waals surface area contributed by atoms with Crippen LogP contribution in [0, 0.1) is 6.92 Å². The molecule has 7 nitrogen and oxygen atoms in total. The Labute approximate surface area is 189 Å². The molecule has 0 saturated heterocycles. The number of hydrogen-bond acceptors (Lipinski definition) is 4. The molecule has 3 rings (SSSR count). The summed E-state index contributed by atoms with van der Waals surface area (Å²) in [6.45, 7) is 10.5. The van der Waals surface area contributed by atoms with Gasteiger partial charge in [-0.3, -0.25) is 4.99 Å². The molecule has 2 heterocycles. The second-order valence-electron chi connectivity index (χ2n) is 7.25. The van der Waals surface area contributed by atoms with Gasteiger partial charge in [0.1, 0.15) is 0 Å². The molecule has 0 saturated carbocycles. The van der Waals surface area contributed by atoms with Gasteiger partial charge in [-0.2, -0.15) is 4.98 Å². The maximum absolute atomic E-state index is 5.27. The number of benzene rings is 1. The van der Waals surface area contributed by atoms with E-state index in [2.05, 4.69) is 82.8 Å².